The van der Waals surface area contributed by atoms with Crippen LogP contribution in [-0.2, 0) is 15.7 Å². The first-order chi connectivity index (χ1) is 15.0. The standard InChI is InChI=1S/C20H19F3N4O4S/c1-4-24-19(30)25-16(28)11(3)31-18(29)15-9-14-10(2)26-27(17(14)32-15)13-7-5-6-12(8-13)20(21,22)23/h5-9,11H,4H2,1-3H3,(H2,24,25,28,30)/t11-/m1/s1. The van der Waals surface area contributed by atoms with Gasteiger partial charge in [0, 0.05) is 11.9 Å². The Hall–Kier alpha value is -3.41. The number of nitrogens with one attached hydrogen (secondary N) is 2. The maximum atomic E-state index is 13.1. The second kappa shape index (κ2) is 8.99. The Labute approximate surface area is 184 Å². The van der Waals surface area contributed by atoms with Crippen molar-refractivity contribution in [1.29, 1.82) is 0 Å². The molecule has 0 radical (unpaired) electrons. The Morgan fingerprint density at radius 3 is 2.62 bits per heavy atom. The first-order valence-corrected chi connectivity index (χ1v) is 10.3. The third-order valence-corrected chi connectivity index (χ3v) is 5.48. The maximum Gasteiger partial charge on any atom is 0.416 e. The Morgan fingerprint density at radius 2 is 1.97 bits per heavy atom. The summed E-state index contributed by atoms with van der Waals surface area (Å²) < 4.78 is 45.7. The highest BCUT2D eigenvalue weighted by molar-refractivity contribution is 7.20. The van der Waals surface area contributed by atoms with Gasteiger partial charge >= 0.3 is 18.2 Å². The molecular formula is C20H19F3N4O4S. The molecule has 12 heteroatoms. The zero-order valence-electron chi connectivity index (χ0n) is 17.2. The van der Waals surface area contributed by atoms with E-state index in [2.05, 4.69) is 10.4 Å². The van der Waals surface area contributed by atoms with Crippen LogP contribution in [0, 0.1) is 6.92 Å². The molecule has 0 saturated carbocycles. The number of nitrogens with zero attached hydrogens (tertiary/aromatic N) is 2. The summed E-state index contributed by atoms with van der Waals surface area (Å²) in [4.78, 5) is 36.5. The van der Waals surface area contributed by atoms with Crippen LogP contribution in [0.4, 0.5) is 18.0 Å². The van der Waals surface area contributed by atoms with Crippen molar-refractivity contribution in [2.24, 2.45) is 0 Å². The second-order valence-electron chi connectivity index (χ2n) is 6.77. The van der Waals surface area contributed by atoms with Crippen LogP contribution in [0.2, 0.25) is 0 Å². The fourth-order valence-electron chi connectivity index (χ4n) is 2.83. The van der Waals surface area contributed by atoms with Crippen LogP contribution in [0.1, 0.15) is 34.8 Å². The Morgan fingerprint density at radius 1 is 1.25 bits per heavy atom. The van der Waals surface area contributed by atoms with Crippen molar-refractivity contribution in [2.45, 2.75) is 33.1 Å². The molecule has 3 rings (SSSR count). The van der Waals surface area contributed by atoms with Crippen molar-refractivity contribution >= 4 is 39.5 Å². The lowest BCUT2D eigenvalue weighted by Gasteiger charge is -2.12. The topological polar surface area (TPSA) is 102 Å². The minimum Gasteiger partial charge on any atom is -0.448 e. The van der Waals surface area contributed by atoms with Crippen molar-refractivity contribution in [3.63, 3.8) is 0 Å². The van der Waals surface area contributed by atoms with Crippen LogP contribution >= 0.6 is 11.3 Å². The van der Waals surface area contributed by atoms with Crippen LogP contribution in [0.3, 0.4) is 0 Å². The summed E-state index contributed by atoms with van der Waals surface area (Å²) in [5.74, 6) is -1.60. The lowest BCUT2D eigenvalue weighted by Crippen LogP contribution is -2.44. The molecule has 0 spiro atoms. The van der Waals surface area contributed by atoms with E-state index in [1.54, 1.807) is 13.8 Å². The zero-order chi connectivity index (χ0) is 23.6. The number of halogens is 3. The number of thiophene rings is 1. The molecule has 3 amide bonds. The summed E-state index contributed by atoms with van der Waals surface area (Å²) in [5, 5.41) is 9.28. The number of amides is 3. The van der Waals surface area contributed by atoms with Gasteiger partial charge in [-0.2, -0.15) is 18.3 Å². The molecule has 0 unspecified atom stereocenters. The van der Waals surface area contributed by atoms with Gasteiger partial charge in [-0.15, -0.1) is 11.3 Å². The molecule has 0 saturated heterocycles. The first-order valence-electron chi connectivity index (χ1n) is 9.47. The molecule has 170 valence electrons. The Kier molecular flexibility index (Phi) is 6.53. The van der Waals surface area contributed by atoms with Gasteiger partial charge in [0.05, 0.1) is 16.9 Å². The summed E-state index contributed by atoms with van der Waals surface area (Å²) in [6.07, 6.45) is -5.75. The number of hydrogen-bond donors (Lipinski definition) is 2. The Balaban J connectivity index is 1.84. The Bertz CT molecular complexity index is 1190. The van der Waals surface area contributed by atoms with Gasteiger partial charge in [-0.3, -0.25) is 10.1 Å². The highest BCUT2D eigenvalue weighted by atomic mass is 32.1. The number of aryl methyl sites for hydroxylation is 1. The van der Waals surface area contributed by atoms with Crippen LogP contribution in [-0.4, -0.2) is 40.3 Å². The quantitative estimate of drug-likeness (QED) is 0.555. The predicted molar refractivity (Wildman–Crippen MR) is 111 cm³/mol. The van der Waals surface area contributed by atoms with E-state index in [0.717, 1.165) is 23.5 Å². The third kappa shape index (κ3) is 4.90. The first kappa shape index (κ1) is 23.3. The highest BCUT2D eigenvalue weighted by Crippen LogP contribution is 2.34. The lowest BCUT2D eigenvalue weighted by atomic mass is 10.2. The number of alkyl halides is 3. The molecular weight excluding hydrogens is 449 g/mol. The van der Waals surface area contributed by atoms with Crippen LogP contribution in [0.15, 0.2) is 30.3 Å². The largest absolute Gasteiger partial charge is 0.448 e. The number of esters is 1. The monoisotopic (exact) mass is 468 g/mol. The molecule has 0 aliphatic carbocycles. The van der Waals surface area contributed by atoms with Crippen molar-refractivity contribution in [3.05, 3.63) is 46.5 Å². The van der Waals surface area contributed by atoms with Crippen LogP contribution in [0.5, 0.6) is 0 Å². The molecule has 0 fully saturated rings. The van der Waals surface area contributed by atoms with Crippen LogP contribution < -0.4 is 10.6 Å². The summed E-state index contributed by atoms with van der Waals surface area (Å²) in [6, 6.07) is 5.48. The van der Waals surface area contributed by atoms with Crippen molar-refractivity contribution in [3.8, 4) is 5.69 Å². The fourth-order valence-corrected chi connectivity index (χ4v) is 3.89. The SMILES string of the molecule is CCNC(=O)NC(=O)[C@@H](C)OC(=O)c1cc2c(C)nn(-c3cccc(C(F)(F)F)c3)c2s1. The van der Waals surface area contributed by atoms with E-state index in [9.17, 15) is 27.6 Å². The van der Waals surface area contributed by atoms with Gasteiger partial charge in [-0.05, 0) is 45.0 Å². The van der Waals surface area contributed by atoms with E-state index in [1.165, 1.54) is 29.8 Å². The van der Waals surface area contributed by atoms with Gasteiger partial charge in [0.1, 0.15) is 9.71 Å². The number of ether oxygens (including phenoxy) is 1. The highest BCUT2D eigenvalue weighted by Gasteiger charge is 2.31. The zero-order valence-corrected chi connectivity index (χ0v) is 18.1. The van der Waals surface area contributed by atoms with Gasteiger partial charge in [0.2, 0.25) is 0 Å². The molecule has 2 heterocycles. The molecule has 0 aliphatic rings. The summed E-state index contributed by atoms with van der Waals surface area (Å²) in [7, 11) is 0. The van der Waals surface area contributed by atoms with Crippen molar-refractivity contribution in [2.75, 3.05) is 6.54 Å². The fraction of sp³-hybridized carbons (Fsp3) is 0.300. The molecule has 2 N–H and O–H groups in total. The number of carbonyl (C=O) groups excluding carboxylic acids is 3. The number of hydrogen-bond acceptors (Lipinski definition) is 6. The number of imide groups is 1. The van der Waals surface area contributed by atoms with Crippen LogP contribution in [0.25, 0.3) is 15.9 Å². The van der Waals surface area contributed by atoms with Gasteiger partial charge in [0.25, 0.3) is 5.91 Å². The normalized spacial score (nSPS) is 12.4. The molecule has 3 aromatic rings. The molecule has 8 nitrogen and oxygen atoms in total. The molecule has 32 heavy (non-hydrogen) atoms. The van der Waals surface area contributed by atoms with Gasteiger partial charge in [-0.1, -0.05) is 6.07 Å². The van der Waals surface area contributed by atoms with E-state index in [0.29, 0.717) is 22.5 Å². The second-order valence-corrected chi connectivity index (χ2v) is 7.80. The van der Waals surface area contributed by atoms with Gasteiger partial charge in [-0.25, -0.2) is 14.3 Å². The van der Waals surface area contributed by atoms with E-state index in [1.807, 2.05) is 5.32 Å². The van der Waals surface area contributed by atoms with Crippen molar-refractivity contribution < 1.29 is 32.3 Å². The van der Waals surface area contributed by atoms with E-state index >= 15 is 0 Å². The average molecular weight is 468 g/mol. The lowest BCUT2D eigenvalue weighted by molar-refractivity contribution is -0.137. The molecule has 0 aliphatic heterocycles. The summed E-state index contributed by atoms with van der Waals surface area (Å²) in [6.45, 7) is 4.97. The molecule has 1 atom stereocenters. The minimum atomic E-state index is -4.51. The number of urea groups is 1. The smallest absolute Gasteiger partial charge is 0.416 e. The van der Waals surface area contributed by atoms with E-state index in [-0.39, 0.29) is 10.6 Å². The minimum absolute atomic E-state index is 0.138. The molecule has 1 aromatic carbocycles. The van der Waals surface area contributed by atoms with Gasteiger partial charge in [0.15, 0.2) is 6.10 Å². The number of rotatable bonds is 5. The summed E-state index contributed by atoms with van der Waals surface area (Å²) >= 11 is 0.970. The number of benzene rings is 1. The number of aromatic nitrogens is 2. The average Bonchev–Trinajstić information content (AvgIpc) is 3.28. The van der Waals surface area contributed by atoms with E-state index < -0.39 is 35.8 Å². The third-order valence-electron chi connectivity index (χ3n) is 4.39. The number of fused-ring (bicyclic) bond motifs is 1. The van der Waals surface area contributed by atoms with E-state index in [4.69, 9.17) is 4.74 Å². The maximum absolute atomic E-state index is 13.1. The number of carbonyl (C=O) groups is 3. The molecule has 2 aromatic heterocycles. The van der Waals surface area contributed by atoms with Gasteiger partial charge < -0.3 is 10.1 Å². The predicted octanol–water partition coefficient (Wildman–Crippen LogP) is 3.81. The molecule has 0 bridgehead atoms. The van der Waals surface area contributed by atoms with Crippen molar-refractivity contribution in [1.82, 2.24) is 20.4 Å². The summed E-state index contributed by atoms with van der Waals surface area (Å²) in [5.41, 5.74) is -0.122.